The van der Waals surface area contributed by atoms with Crippen molar-refractivity contribution in [1.82, 2.24) is 5.32 Å². The van der Waals surface area contributed by atoms with Gasteiger partial charge in [0.1, 0.15) is 6.04 Å². The summed E-state index contributed by atoms with van der Waals surface area (Å²) in [5, 5.41) is 13.1. The molecule has 1 aliphatic carbocycles. The van der Waals surface area contributed by atoms with Gasteiger partial charge >= 0.3 is 5.97 Å². The minimum atomic E-state index is -0.829. The molecule has 0 radical (unpaired) electrons. The maximum Gasteiger partial charge on any atom is 0.325 e. The predicted octanol–water partition coefficient (Wildman–Crippen LogP) is 2.17. The lowest BCUT2D eigenvalue weighted by atomic mass is 9.84. The maximum atomic E-state index is 10.9. The van der Waals surface area contributed by atoms with Gasteiger partial charge in [0.25, 0.3) is 0 Å². The summed E-state index contributed by atoms with van der Waals surface area (Å²) in [5.74, 6) is -0.445. The molecule has 0 amide bonds. The molecule has 4 nitrogen and oxygen atoms in total. The molecular formula is C12H20N2O2S2. The van der Waals surface area contributed by atoms with E-state index in [0.717, 1.165) is 17.9 Å². The number of carboxylic acid groups (broad SMARTS) is 1. The third kappa shape index (κ3) is 2.51. The second-order valence-corrected chi connectivity index (χ2v) is 7.18. The monoisotopic (exact) mass is 288 g/mol. The fourth-order valence-electron chi connectivity index (χ4n) is 2.64. The van der Waals surface area contributed by atoms with Crippen molar-refractivity contribution in [2.75, 3.05) is 6.26 Å². The Morgan fingerprint density at radius 1 is 1.67 bits per heavy atom. The lowest BCUT2D eigenvalue weighted by Gasteiger charge is -2.35. The summed E-state index contributed by atoms with van der Waals surface area (Å²) in [6, 6.07) is -0.571. The lowest BCUT2D eigenvalue weighted by Crippen LogP contribution is -2.44. The van der Waals surface area contributed by atoms with Crippen LogP contribution in [0.15, 0.2) is 9.93 Å². The maximum absolute atomic E-state index is 10.9. The Morgan fingerprint density at radius 3 is 3.00 bits per heavy atom. The number of thioether (sulfide) groups is 2. The zero-order chi connectivity index (χ0) is 13.3. The van der Waals surface area contributed by atoms with Gasteiger partial charge in [0.15, 0.2) is 0 Å². The third-order valence-corrected chi connectivity index (χ3v) is 6.14. The highest BCUT2D eigenvalue weighted by Crippen LogP contribution is 2.55. The van der Waals surface area contributed by atoms with E-state index >= 15 is 0 Å². The molecule has 1 aliphatic heterocycles. The summed E-state index contributed by atoms with van der Waals surface area (Å²) in [5.41, 5.74) is 6.49. The quantitative estimate of drug-likeness (QED) is 0.736. The molecule has 0 bridgehead atoms. The predicted molar refractivity (Wildman–Crippen MR) is 77.2 cm³/mol. The van der Waals surface area contributed by atoms with Gasteiger partial charge in [-0.3, -0.25) is 4.79 Å². The first-order valence-electron chi connectivity index (χ1n) is 6.23. The van der Waals surface area contributed by atoms with E-state index in [9.17, 15) is 4.79 Å². The van der Waals surface area contributed by atoms with Crippen molar-refractivity contribution in [2.45, 2.75) is 43.5 Å². The number of rotatable bonds is 4. The molecule has 0 aromatic carbocycles. The van der Waals surface area contributed by atoms with Crippen LogP contribution in [0.5, 0.6) is 0 Å². The Labute approximate surface area is 116 Å². The summed E-state index contributed by atoms with van der Waals surface area (Å²) in [6.07, 6.45) is 6.56. The molecule has 18 heavy (non-hydrogen) atoms. The molecule has 2 rings (SSSR count). The van der Waals surface area contributed by atoms with Crippen molar-refractivity contribution in [3.63, 3.8) is 0 Å². The Bertz CT molecular complexity index is 386. The van der Waals surface area contributed by atoms with Gasteiger partial charge < -0.3 is 16.2 Å². The van der Waals surface area contributed by atoms with Gasteiger partial charge in [0.05, 0.1) is 9.90 Å². The second kappa shape index (κ2) is 5.35. The first-order chi connectivity index (χ1) is 8.48. The van der Waals surface area contributed by atoms with Crippen molar-refractivity contribution in [3.8, 4) is 0 Å². The number of aliphatic carboxylic acids is 1. The highest BCUT2D eigenvalue weighted by Gasteiger charge is 2.47. The highest BCUT2D eigenvalue weighted by atomic mass is 32.2. The van der Waals surface area contributed by atoms with Gasteiger partial charge in [-0.15, -0.1) is 11.8 Å². The van der Waals surface area contributed by atoms with Crippen LogP contribution in [0.2, 0.25) is 0 Å². The van der Waals surface area contributed by atoms with E-state index in [1.54, 1.807) is 30.4 Å². The highest BCUT2D eigenvalue weighted by molar-refractivity contribution is 8.08. The van der Waals surface area contributed by atoms with Crippen LogP contribution in [-0.2, 0) is 4.79 Å². The SMILES string of the molecule is CSC1=C(N[C@@H](C)C(=O)O)SC2(N)CCCCC12. The van der Waals surface area contributed by atoms with Crippen LogP contribution < -0.4 is 11.1 Å². The number of fused-ring (bicyclic) bond motifs is 1. The zero-order valence-corrected chi connectivity index (χ0v) is 12.4. The van der Waals surface area contributed by atoms with Crippen LogP contribution >= 0.6 is 23.5 Å². The van der Waals surface area contributed by atoms with Gasteiger partial charge in [0.2, 0.25) is 0 Å². The topological polar surface area (TPSA) is 75.3 Å². The Morgan fingerprint density at radius 2 is 2.39 bits per heavy atom. The summed E-state index contributed by atoms with van der Waals surface area (Å²) in [6.45, 7) is 1.67. The van der Waals surface area contributed by atoms with E-state index in [2.05, 4.69) is 5.32 Å². The molecule has 0 saturated heterocycles. The molecule has 1 saturated carbocycles. The molecule has 1 fully saturated rings. The van der Waals surface area contributed by atoms with Gasteiger partial charge in [0, 0.05) is 10.8 Å². The van der Waals surface area contributed by atoms with E-state index in [0.29, 0.717) is 5.92 Å². The van der Waals surface area contributed by atoms with Crippen LogP contribution in [0.3, 0.4) is 0 Å². The van der Waals surface area contributed by atoms with E-state index in [1.165, 1.54) is 17.7 Å². The molecule has 0 aromatic heterocycles. The second-order valence-electron chi connectivity index (χ2n) is 4.96. The average Bonchev–Trinajstić information content (AvgIpc) is 2.60. The molecule has 0 spiro atoms. The Balaban J connectivity index is 2.19. The van der Waals surface area contributed by atoms with Crippen molar-refractivity contribution < 1.29 is 9.90 Å². The molecule has 2 aliphatic rings. The number of hydrogen-bond acceptors (Lipinski definition) is 5. The molecule has 6 heteroatoms. The number of hydrogen-bond donors (Lipinski definition) is 3. The third-order valence-electron chi connectivity index (χ3n) is 3.67. The zero-order valence-electron chi connectivity index (χ0n) is 10.7. The fourth-order valence-corrected chi connectivity index (χ4v) is 5.43. The van der Waals surface area contributed by atoms with Crippen LogP contribution in [-0.4, -0.2) is 28.2 Å². The van der Waals surface area contributed by atoms with E-state index in [-0.39, 0.29) is 4.87 Å². The van der Waals surface area contributed by atoms with Crippen LogP contribution in [0.25, 0.3) is 0 Å². The number of nitrogens with one attached hydrogen (secondary N) is 1. The van der Waals surface area contributed by atoms with Crippen LogP contribution in [0, 0.1) is 5.92 Å². The Kier molecular flexibility index (Phi) is 4.18. The summed E-state index contributed by atoms with van der Waals surface area (Å²) >= 11 is 3.34. The molecular weight excluding hydrogens is 268 g/mol. The summed E-state index contributed by atoms with van der Waals surface area (Å²) in [4.78, 5) is 12.0. The van der Waals surface area contributed by atoms with Crippen molar-refractivity contribution in [3.05, 3.63) is 9.93 Å². The molecule has 0 aromatic rings. The summed E-state index contributed by atoms with van der Waals surface area (Å²) in [7, 11) is 0. The largest absolute Gasteiger partial charge is 0.480 e. The van der Waals surface area contributed by atoms with Gasteiger partial charge in [-0.1, -0.05) is 24.6 Å². The van der Waals surface area contributed by atoms with E-state index in [4.69, 9.17) is 10.8 Å². The van der Waals surface area contributed by atoms with Crippen molar-refractivity contribution >= 4 is 29.5 Å². The number of carboxylic acids is 1. The molecule has 1 heterocycles. The average molecular weight is 288 g/mol. The fraction of sp³-hybridized carbons (Fsp3) is 0.750. The van der Waals surface area contributed by atoms with Gasteiger partial charge in [-0.25, -0.2) is 0 Å². The number of nitrogens with two attached hydrogens (primary N) is 1. The van der Waals surface area contributed by atoms with E-state index in [1.807, 2.05) is 6.26 Å². The molecule has 102 valence electrons. The normalized spacial score (nSPS) is 33.2. The Hall–Kier alpha value is -0.330. The minimum absolute atomic E-state index is 0.225. The number of carbonyl (C=O) groups is 1. The first kappa shape index (κ1) is 14.1. The van der Waals surface area contributed by atoms with Gasteiger partial charge in [-0.2, -0.15) is 0 Å². The molecule has 4 N–H and O–H groups in total. The molecule has 2 unspecified atom stereocenters. The first-order valence-corrected chi connectivity index (χ1v) is 8.27. The van der Waals surface area contributed by atoms with Crippen LogP contribution in [0.4, 0.5) is 0 Å². The van der Waals surface area contributed by atoms with Gasteiger partial charge in [-0.05, 0) is 26.0 Å². The van der Waals surface area contributed by atoms with Crippen LogP contribution in [0.1, 0.15) is 32.6 Å². The molecule has 3 atom stereocenters. The van der Waals surface area contributed by atoms with E-state index < -0.39 is 12.0 Å². The summed E-state index contributed by atoms with van der Waals surface area (Å²) < 4.78 is 0. The lowest BCUT2D eigenvalue weighted by molar-refractivity contribution is -0.138. The minimum Gasteiger partial charge on any atom is -0.480 e. The van der Waals surface area contributed by atoms with Crippen molar-refractivity contribution in [1.29, 1.82) is 0 Å². The van der Waals surface area contributed by atoms with Crippen molar-refractivity contribution in [2.24, 2.45) is 11.7 Å². The standard InChI is InChI=1S/C12H20N2O2S2/c1-7(11(15)16)14-10-9(17-2)8-5-3-4-6-12(8,13)18-10/h7-8,14H,3-6,13H2,1-2H3,(H,15,16)/t7-,8?,12?/m0/s1. The smallest absolute Gasteiger partial charge is 0.325 e.